The molecule has 6 heteroatoms. The van der Waals surface area contributed by atoms with Crippen molar-refractivity contribution in [1.82, 2.24) is 0 Å². The highest BCUT2D eigenvalue weighted by molar-refractivity contribution is 7.20. The number of fused-ring (bicyclic) bond motifs is 1. The molecular formula is C15H11NO4S. The van der Waals surface area contributed by atoms with Gasteiger partial charge in [0.05, 0.1) is 0 Å². The normalized spacial score (nSPS) is 10.7. The number of aryl methyl sites for hydroxylation is 1. The molecule has 0 aliphatic heterocycles. The first kappa shape index (κ1) is 13.4. The third-order valence-corrected chi connectivity index (χ3v) is 4.05. The van der Waals surface area contributed by atoms with Gasteiger partial charge in [-0.3, -0.25) is 4.79 Å². The Morgan fingerprint density at radius 1 is 1.19 bits per heavy atom. The summed E-state index contributed by atoms with van der Waals surface area (Å²) in [5, 5.41) is 12.5. The number of thiophene rings is 1. The molecular weight excluding hydrogens is 290 g/mol. The molecule has 106 valence electrons. The summed E-state index contributed by atoms with van der Waals surface area (Å²) in [6, 6.07) is 10.2. The monoisotopic (exact) mass is 301 g/mol. The number of carboxylic acid groups (broad SMARTS) is 1. The van der Waals surface area contributed by atoms with Gasteiger partial charge in [0.1, 0.15) is 10.6 Å². The van der Waals surface area contributed by atoms with E-state index in [0.29, 0.717) is 11.4 Å². The van der Waals surface area contributed by atoms with Gasteiger partial charge in [-0.25, -0.2) is 4.79 Å². The molecule has 0 aliphatic rings. The lowest BCUT2D eigenvalue weighted by atomic mass is 10.2. The highest BCUT2D eigenvalue weighted by Crippen LogP contribution is 2.28. The molecule has 2 heterocycles. The van der Waals surface area contributed by atoms with Crippen LogP contribution in [0.3, 0.4) is 0 Å². The van der Waals surface area contributed by atoms with E-state index in [1.165, 1.54) is 11.3 Å². The Hall–Kier alpha value is -2.60. The van der Waals surface area contributed by atoms with Gasteiger partial charge in [-0.05, 0) is 48.7 Å². The van der Waals surface area contributed by atoms with Crippen molar-refractivity contribution in [3.8, 4) is 0 Å². The predicted molar refractivity (Wildman–Crippen MR) is 80.2 cm³/mol. The van der Waals surface area contributed by atoms with Crippen LogP contribution < -0.4 is 5.32 Å². The smallest absolute Gasteiger partial charge is 0.345 e. The number of furan rings is 1. The highest BCUT2D eigenvalue weighted by Gasteiger charge is 2.12. The number of aromatic carboxylic acids is 1. The molecule has 0 bridgehead atoms. The number of hydrogen-bond donors (Lipinski definition) is 2. The highest BCUT2D eigenvalue weighted by atomic mass is 32.1. The molecule has 2 N–H and O–H groups in total. The van der Waals surface area contributed by atoms with E-state index in [4.69, 9.17) is 9.52 Å². The van der Waals surface area contributed by atoms with Crippen molar-refractivity contribution in [1.29, 1.82) is 0 Å². The number of nitrogens with one attached hydrogen (secondary N) is 1. The second-order valence-corrected chi connectivity index (χ2v) is 5.62. The van der Waals surface area contributed by atoms with Gasteiger partial charge in [0.25, 0.3) is 5.91 Å². The third-order valence-electron chi connectivity index (χ3n) is 2.95. The quantitative estimate of drug-likeness (QED) is 0.772. The lowest BCUT2D eigenvalue weighted by Gasteiger charge is -2.03. The van der Waals surface area contributed by atoms with Crippen LogP contribution >= 0.6 is 11.3 Å². The van der Waals surface area contributed by atoms with Gasteiger partial charge in [0, 0.05) is 10.4 Å². The maximum atomic E-state index is 12.0. The summed E-state index contributed by atoms with van der Waals surface area (Å²) in [5.74, 6) is -0.382. The number of anilines is 1. The average Bonchev–Trinajstić information content (AvgIpc) is 3.04. The zero-order valence-electron chi connectivity index (χ0n) is 11.0. The second kappa shape index (κ2) is 5.06. The number of carboxylic acids is 1. The summed E-state index contributed by atoms with van der Waals surface area (Å²) in [4.78, 5) is 23.2. The zero-order chi connectivity index (χ0) is 15.0. The Bertz CT molecular complexity index is 846. The SMILES string of the molecule is Cc1ccc(C(=O)Nc2ccc3sc(C(=O)O)cc3c2)o1. The molecule has 2 aromatic heterocycles. The molecule has 3 rings (SSSR count). The van der Waals surface area contributed by atoms with Gasteiger partial charge in [-0.2, -0.15) is 0 Å². The van der Waals surface area contributed by atoms with Crippen LogP contribution in [0.1, 0.15) is 26.0 Å². The van der Waals surface area contributed by atoms with Crippen LogP contribution in [0.25, 0.3) is 10.1 Å². The molecule has 3 aromatic rings. The van der Waals surface area contributed by atoms with Gasteiger partial charge >= 0.3 is 5.97 Å². The first-order chi connectivity index (χ1) is 10.0. The van der Waals surface area contributed by atoms with E-state index in [-0.39, 0.29) is 16.5 Å². The van der Waals surface area contributed by atoms with Crippen LogP contribution in [0.2, 0.25) is 0 Å². The standard InChI is InChI=1S/C15H11NO4S/c1-8-2-4-11(20-8)14(17)16-10-3-5-12-9(6-10)7-13(21-12)15(18)19/h2-7H,1H3,(H,16,17)(H,18,19). The largest absolute Gasteiger partial charge is 0.477 e. The van der Waals surface area contributed by atoms with Crippen molar-refractivity contribution in [2.24, 2.45) is 0 Å². The zero-order valence-corrected chi connectivity index (χ0v) is 11.9. The molecule has 1 amide bonds. The topological polar surface area (TPSA) is 79.5 Å². The molecule has 5 nitrogen and oxygen atoms in total. The minimum absolute atomic E-state index is 0.240. The molecule has 0 unspecified atom stereocenters. The molecule has 0 aliphatic carbocycles. The van der Waals surface area contributed by atoms with Crippen LogP contribution in [0.15, 0.2) is 40.8 Å². The van der Waals surface area contributed by atoms with Gasteiger partial charge < -0.3 is 14.8 Å². The molecule has 0 fully saturated rings. The molecule has 0 saturated heterocycles. The van der Waals surface area contributed by atoms with Crippen LogP contribution in [0, 0.1) is 6.92 Å². The van der Waals surface area contributed by atoms with Gasteiger partial charge in [0.2, 0.25) is 0 Å². The average molecular weight is 301 g/mol. The third kappa shape index (κ3) is 2.66. The maximum Gasteiger partial charge on any atom is 0.345 e. The van der Waals surface area contributed by atoms with Gasteiger partial charge in [-0.1, -0.05) is 0 Å². The molecule has 0 saturated carbocycles. The fourth-order valence-electron chi connectivity index (χ4n) is 1.98. The maximum absolute atomic E-state index is 12.0. The fraction of sp³-hybridized carbons (Fsp3) is 0.0667. The number of amides is 1. The molecule has 0 atom stereocenters. The van der Waals surface area contributed by atoms with Crippen LogP contribution in [-0.2, 0) is 0 Å². The summed E-state index contributed by atoms with van der Waals surface area (Å²) < 4.78 is 6.11. The van der Waals surface area contributed by atoms with E-state index in [0.717, 1.165) is 10.1 Å². The van der Waals surface area contributed by atoms with Crippen LogP contribution in [0.5, 0.6) is 0 Å². The van der Waals surface area contributed by atoms with Crippen molar-refractivity contribution in [3.05, 3.63) is 52.8 Å². The van der Waals surface area contributed by atoms with E-state index in [1.54, 1.807) is 43.3 Å². The predicted octanol–water partition coefficient (Wildman–Crippen LogP) is 3.75. The Labute approximate surface area is 123 Å². The number of benzene rings is 1. The van der Waals surface area contributed by atoms with Gasteiger partial charge in [-0.15, -0.1) is 11.3 Å². The Morgan fingerprint density at radius 2 is 2.00 bits per heavy atom. The lowest BCUT2D eigenvalue weighted by molar-refractivity contribution is 0.0702. The van der Waals surface area contributed by atoms with Gasteiger partial charge in [0.15, 0.2) is 5.76 Å². The lowest BCUT2D eigenvalue weighted by Crippen LogP contribution is -2.10. The molecule has 1 aromatic carbocycles. The number of carbonyl (C=O) groups is 2. The van der Waals surface area contributed by atoms with E-state index in [9.17, 15) is 9.59 Å². The minimum Gasteiger partial charge on any atom is -0.477 e. The molecule has 0 radical (unpaired) electrons. The van der Waals surface area contributed by atoms with Crippen LogP contribution in [0.4, 0.5) is 5.69 Å². The Morgan fingerprint density at radius 3 is 2.67 bits per heavy atom. The molecule has 21 heavy (non-hydrogen) atoms. The Balaban J connectivity index is 1.87. The fourth-order valence-corrected chi connectivity index (χ4v) is 2.86. The summed E-state index contributed by atoms with van der Waals surface area (Å²) in [7, 11) is 0. The molecule has 0 spiro atoms. The first-order valence-corrected chi connectivity index (χ1v) is 6.99. The summed E-state index contributed by atoms with van der Waals surface area (Å²) >= 11 is 1.20. The number of rotatable bonds is 3. The van der Waals surface area contributed by atoms with E-state index in [2.05, 4.69) is 5.32 Å². The Kier molecular flexibility index (Phi) is 3.23. The van der Waals surface area contributed by atoms with E-state index in [1.807, 2.05) is 0 Å². The van der Waals surface area contributed by atoms with E-state index < -0.39 is 5.97 Å². The number of hydrogen-bond acceptors (Lipinski definition) is 4. The van der Waals surface area contributed by atoms with Crippen molar-refractivity contribution in [2.75, 3.05) is 5.32 Å². The summed E-state index contributed by atoms with van der Waals surface area (Å²) in [6.45, 7) is 1.77. The van der Waals surface area contributed by atoms with Crippen molar-refractivity contribution < 1.29 is 19.1 Å². The summed E-state index contributed by atoms with van der Waals surface area (Å²) in [6.07, 6.45) is 0. The van der Waals surface area contributed by atoms with Crippen molar-refractivity contribution in [2.45, 2.75) is 6.92 Å². The minimum atomic E-state index is -0.951. The van der Waals surface area contributed by atoms with Crippen molar-refractivity contribution >= 4 is 39.0 Å². The second-order valence-electron chi connectivity index (χ2n) is 4.53. The van der Waals surface area contributed by atoms with E-state index >= 15 is 0 Å². The first-order valence-electron chi connectivity index (χ1n) is 6.17. The van der Waals surface area contributed by atoms with Crippen molar-refractivity contribution in [3.63, 3.8) is 0 Å². The van der Waals surface area contributed by atoms with Crippen LogP contribution in [-0.4, -0.2) is 17.0 Å². The number of carbonyl (C=O) groups excluding carboxylic acids is 1. The summed E-state index contributed by atoms with van der Waals surface area (Å²) in [5.41, 5.74) is 0.594.